The summed E-state index contributed by atoms with van der Waals surface area (Å²) in [6.07, 6.45) is 1.74. The van der Waals surface area contributed by atoms with Crippen LogP contribution in [0.4, 0.5) is 0 Å². The maximum absolute atomic E-state index is 13.6. The van der Waals surface area contributed by atoms with Gasteiger partial charge < -0.3 is 14.2 Å². The van der Waals surface area contributed by atoms with E-state index in [1.807, 2.05) is 18.2 Å². The van der Waals surface area contributed by atoms with Crippen molar-refractivity contribution in [1.29, 1.82) is 0 Å². The zero-order chi connectivity index (χ0) is 25.1. The molecule has 2 aromatic carbocycles. The minimum absolute atomic E-state index is 0.196. The lowest BCUT2D eigenvalue weighted by atomic mass is 9.95. The number of carbonyl (C=O) groups excluding carboxylic acids is 2. The second-order valence-corrected chi connectivity index (χ2v) is 8.72. The Morgan fingerprint density at radius 1 is 1.14 bits per heavy atom. The Morgan fingerprint density at radius 3 is 2.51 bits per heavy atom. The first-order valence-electron chi connectivity index (χ1n) is 10.9. The van der Waals surface area contributed by atoms with Gasteiger partial charge in [0, 0.05) is 12.5 Å². The van der Waals surface area contributed by atoms with Crippen molar-refractivity contribution in [3.05, 3.63) is 90.6 Å². The van der Waals surface area contributed by atoms with E-state index in [4.69, 9.17) is 14.2 Å². The Balaban J connectivity index is 1.89. The van der Waals surface area contributed by atoms with Crippen LogP contribution < -0.4 is 24.4 Å². The molecule has 0 unspecified atom stereocenters. The third-order valence-electron chi connectivity index (χ3n) is 5.39. The van der Waals surface area contributed by atoms with Gasteiger partial charge in [0.05, 0.1) is 29.5 Å². The molecule has 0 fully saturated rings. The highest BCUT2D eigenvalue weighted by molar-refractivity contribution is 7.07. The van der Waals surface area contributed by atoms with Crippen molar-refractivity contribution >= 4 is 29.4 Å². The van der Waals surface area contributed by atoms with Crippen molar-refractivity contribution in [2.45, 2.75) is 26.8 Å². The maximum Gasteiger partial charge on any atom is 0.338 e. The van der Waals surface area contributed by atoms with E-state index in [0.717, 1.165) is 5.56 Å². The minimum atomic E-state index is -0.755. The van der Waals surface area contributed by atoms with E-state index >= 15 is 0 Å². The second kappa shape index (κ2) is 10.1. The van der Waals surface area contributed by atoms with Gasteiger partial charge in [-0.25, -0.2) is 9.79 Å². The first-order chi connectivity index (χ1) is 16.8. The number of esters is 2. The van der Waals surface area contributed by atoms with Crippen LogP contribution in [0.3, 0.4) is 0 Å². The fourth-order valence-corrected chi connectivity index (χ4v) is 4.97. The molecule has 8 nitrogen and oxygen atoms in total. The summed E-state index contributed by atoms with van der Waals surface area (Å²) in [4.78, 5) is 42.8. The predicted octanol–water partition coefficient (Wildman–Crippen LogP) is 2.73. The fraction of sp³-hybridized carbons (Fsp3) is 0.231. The molecule has 1 aromatic heterocycles. The summed E-state index contributed by atoms with van der Waals surface area (Å²) >= 11 is 1.23. The largest absolute Gasteiger partial charge is 0.496 e. The molecule has 1 aliphatic rings. The van der Waals surface area contributed by atoms with E-state index in [9.17, 15) is 14.4 Å². The molecule has 9 heteroatoms. The first kappa shape index (κ1) is 24.2. The molecule has 0 spiro atoms. The number of benzene rings is 2. The van der Waals surface area contributed by atoms with Crippen LogP contribution >= 0.6 is 11.3 Å². The molecule has 1 aliphatic heterocycles. The molecule has 4 rings (SSSR count). The van der Waals surface area contributed by atoms with Gasteiger partial charge in [0.2, 0.25) is 0 Å². The lowest BCUT2D eigenvalue weighted by molar-refractivity contribution is -0.139. The molecular weight excluding hydrogens is 468 g/mol. The van der Waals surface area contributed by atoms with Gasteiger partial charge in [0.15, 0.2) is 4.80 Å². The van der Waals surface area contributed by atoms with Gasteiger partial charge in [0.25, 0.3) is 5.56 Å². The Hall–Kier alpha value is -3.98. The van der Waals surface area contributed by atoms with E-state index in [0.29, 0.717) is 37.7 Å². The van der Waals surface area contributed by atoms with Crippen LogP contribution in [0, 0.1) is 0 Å². The van der Waals surface area contributed by atoms with E-state index in [-0.39, 0.29) is 12.2 Å². The molecule has 2 heterocycles. The Bertz CT molecular complexity index is 1500. The summed E-state index contributed by atoms with van der Waals surface area (Å²) in [5.74, 6) is 0.0294. The third kappa shape index (κ3) is 4.81. The highest BCUT2D eigenvalue weighted by Gasteiger charge is 2.34. The number of fused-ring (bicyclic) bond motifs is 1. The number of para-hydroxylation sites is 1. The Labute approximate surface area is 205 Å². The molecule has 0 saturated carbocycles. The topological polar surface area (TPSA) is 96.2 Å². The molecule has 0 amide bonds. The van der Waals surface area contributed by atoms with Crippen molar-refractivity contribution in [3.63, 3.8) is 0 Å². The molecule has 0 bridgehead atoms. The van der Waals surface area contributed by atoms with Crippen molar-refractivity contribution in [3.8, 4) is 11.5 Å². The normalized spacial score (nSPS) is 15.3. The number of allylic oxidation sites excluding steroid dienone is 1. The summed E-state index contributed by atoms with van der Waals surface area (Å²) in [7, 11) is 1.54. The molecule has 180 valence electrons. The standard InChI is InChI=1S/C26H24N2O6S/c1-5-33-25(31)22-15(2)27-26-28(23(22)19-8-6-7-9-20(19)32-4)24(30)21(35-26)14-17-10-12-18(13-11-17)34-16(3)29/h6-14,23H,5H2,1-4H3/b21-14+/t23-/m1/s1. The molecule has 1 atom stereocenters. The van der Waals surface area contributed by atoms with Gasteiger partial charge in [-0.3, -0.25) is 14.2 Å². The van der Waals surface area contributed by atoms with Gasteiger partial charge in [-0.1, -0.05) is 41.7 Å². The average Bonchev–Trinajstić information content (AvgIpc) is 3.13. The predicted molar refractivity (Wildman–Crippen MR) is 131 cm³/mol. The van der Waals surface area contributed by atoms with Crippen molar-refractivity contribution in [2.24, 2.45) is 4.99 Å². The van der Waals surface area contributed by atoms with Gasteiger partial charge in [-0.15, -0.1) is 0 Å². The van der Waals surface area contributed by atoms with Crippen LogP contribution in [0.2, 0.25) is 0 Å². The lowest BCUT2D eigenvalue weighted by Gasteiger charge is -2.25. The monoisotopic (exact) mass is 492 g/mol. The van der Waals surface area contributed by atoms with Gasteiger partial charge in [0.1, 0.15) is 17.5 Å². The average molecular weight is 493 g/mol. The maximum atomic E-state index is 13.6. The summed E-state index contributed by atoms with van der Waals surface area (Å²) in [6, 6.07) is 13.3. The Morgan fingerprint density at radius 2 is 1.86 bits per heavy atom. The number of aromatic nitrogens is 1. The van der Waals surface area contributed by atoms with Crippen LogP contribution in [-0.2, 0) is 14.3 Å². The number of hydrogen-bond acceptors (Lipinski definition) is 8. The van der Waals surface area contributed by atoms with Crippen molar-refractivity contribution < 1.29 is 23.8 Å². The summed E-state index contributed by atoms with van der Waals surface area (Å²) in [5.41, 5.74) is 1.90. The smallest absolute Gasteiger partial charge is 0.338 e. The quantitative estimate of drug-likeness (QED) is 0.388. The van der Waals surface area contributed by atoms with E-state index in [1.165, 1.54) is 22.8 Å². The highest BCUT2D eigenvalue weighted by atomic mass is 32.1. The second-order valence-electron chi connectivity index (χ2n) is 7.71. The van der Waals surface area contributed by atoms with Crippen LogP contribution in [0.15, 0.2) is 69.6 Å². The van der Waals surface area contributed by atoms with Crippen LogP contribution in [0.1, 0.15) is 37.9 Å². The van der Waals surface area contributed by atoms with Gasteiger partial charge >= 0.3 is 11.9 Å². The molecular formula is C26H24N2O6S. The fourth-order valence-electron chi connectivity index (χ4n) is 3.93. The van der Waals surface area contributed by atoms with Crippen molar-refractivity contribution in [2.75, 3.05) is 13.7 Å². The number of carbonyl (C=O) groups is 2. The van der Waals surface area contributed by atoms with E-state index < -0.39 is 18.0 Å². The van der Waals surface area contributed by atoms with Gasteiger partial charge in [-0.05, 0) is 43.7 Å². The summed E-state index contributed by atoms with van der Waals surface area (Å²) in [6.45, 7) is 4.99. The number of ether oxygens (including phenoxy) is 3. The number of nitrogens with zero attached hydrogens (tertiary/aromatic N) is 2. The molecule has 35 heavy (non-hydrogen) atoms. The molecule has 0 radical (unpaired) electrons. The van der Waals surface area contributed by atoms with Gasteiger partial charge in [-0.2, -0.15) is 0 Å². The summed E-state index contributed by atoms with van der Waals surface area (Å²) in [5, 5.41) is 0. The number of thiazole rings is 1. The highest BCUT2D eigenvalue weighted by Crippen LogP contribution is 2.35. The number of hydrogen-bond donors (Lipinski definition) is 0. The third-order valence-corrected chi connectivity index (χ3v) is 6.37. The lowest BCUT2D eigenvalue weighted by Crippen LogP contribution is -2.40. The van der Waals surface area contributed by atoms with E-state index in [2.05, 4.69) is 4.99 Å². The Kier molecular flexibility index (Phi) is 6.97. The molecule has 3 aromatic rings. The number of methoxy groups -OCH3 is 1. The van der Waals surface area contributed by atoms with E-state index in [1.54, 1.807) is 57.4 Å². The molecule has 0 N–H and O–H groups in total. The van der Waals surface area contributed by atoms with Crippen LogP contribution in [0.25, 0.3) is 6.08 Å². The molecule has 0 aliphatic carbocycles. The summed E-state index contributed by atoms with van der Waals surface area (Å²) < 4.78 is 17.9. The number of rotatable bonds is 6. The van der Waals surface area contributed by atoms with Crippen LogP contribution in [-0.4, -0.2) is 30.2 Å². The molecule has 0 saturated heterocycles. The first-order valence-corrected chi connectivity index (χ1v) is 11.8. The zero-order valence-electron chi connectivity index (χ0n) is 19.7. The van der Waals surface area contributed by atoms with Crippen molar-refractivity contribution in [1.82, 2.24) is 4.57 Å². The SMILES string of the molecule is CCOC(=O)C1=C(C)N=c2s/c(=C/c3ccc(OC(C)=O)cc3)c(=O)n2[C@@H]1c1ccccc1OC. The minimum Gasteiger partial charge on any atom is -0.496 e. The zero-order valence-corrected chi connectivity index (χ0v) is 20.5. The van der Waals surface area contributed by atoms with Crippen LogP contribution in [0.5, 0.6) is 11.5 Å².